The van der Waals surface area contributed by atoms with Crippen molar-refractivity contribution in [1.82, 2.24) is 0 Å². The van der Waals surface area contributed by atoms with Crippen molar-refractivity contribution in [1.29, 1.82) is 0 Å². The fourth-order valence-electron chi connectivity index (χ4n) is 1.85. The lowest BCUT2D eigenvalue weighted by Crippen LogP contribution is -2.26. The first kappa shape index (κ1) is 9.57. The van der Waals surface area contributed by atoms with Gasteiger partial charge in [0.25, 0.3) is 0 Å². The van der Waals surface area contributed by atoms with Crippen LogP contribution in [-0.4, -0.2) is 13.1 Å². The van der Waals surface area contributed by atoms with E-state index >= 15 is 0 Å². The zero-order valence-corrected chi connectivity index (χ0v) is 8.95. The first-order valence-electron chi connectivity index (χ1n) is 5.70. The van der Waals surface area contributed by atoms with Gasteiger partial charge in [-0.05, 0) is 37.3 Å². The van der Waals surface area contributed by atoms with E-state index in [9.17, 15) is 0 Å². The minimum atomic E-state index is 0.974. The van der Waals surface area contributed by atoms with E-state index in [1.807, 2.05) is 0 Å². The molecule has 0 aromatic heterocycles. The lowest BCUT2D eigenvalue weighted by atomic mass is 10.2. The fraction of sp³-hybridized carbons (Fsp3) is 0.538. The predicted octanol–water partition coefficient (Wildman–Crippen LogP) is 3.31. The molecule has 2 rings (SSSR count). The number of nitrogens with zero attached hydrogens (tertiary/aromatic N) is 1. The van der Waals surface area contributed by atoms with Crippen molar-refractivity contribution in [3.63, 3.8) is 0 Å². The molecule has 0 amide bonds. The number of benzene rings is 1. The maximum absolute atomic E-state index is 2.53. The van der Waals surface area contributed by atoms with E-state index in [1.54, 1.807) is 0 Å². The molecule has 1 fully saturated rings. The number of para-hydroxylation sites is 1. The molecule has 0 N–H and O–H groups in total. The van der Waals surface area contributed by atoms with Gasteiger partial charge < -0.3 is 4.90 Å². The molecule has 1 saturated carbocycles. The summed E-state index contributed by atoms with van der Waals surface area (Å²) in [4.78, 5) is 2.53. The van der Waals surface area contributed by atoms with Gasteiger partial charge in [-0.3, -0.25) is 0 Å². The molecule has 1 aromatic carbocycles. The monoisotopic (exact) mass is 189 g/mol. The van der Waals surface area contributed by atoms with E-state index < -0.39 is 0 Å². The Morgan fingerprint density at radius 1 is 1.21 bits per heavy atom. The predicted molar refractivity (Wildman–Crippen MR) is 61.7 cm³/mol. The van der Waals surface area contributed by atoms with Crippen LogP contribution in [0, 0.1) is 5.92 Å². The SMILES string of the molecule is CCCN(CC1CC1)c1ccccc1. The average Bonchev–Trinajstić information content (AvgIpc) is 3.03. The van der Waals surface area contributed by atoms with Gasteiger partial charge in [0, 0.05) is 18.8 Å². The van der Waals surface area contributed by atoms with E-state index in [-0.39, 0.29) is 0 Å². The zero-order chi connectivity index (χ0) is 9.80. The quantitative estimate of drug-likeness (QED) is 0.687. The molecule has 0 unspecified atom stereocenters. The van der Waals surface area contributed by atoms with E-state index in [0.29, 0.717) is 0 Å². The Morgan fingerprint density at radius 3 is 2.50 bits per heavy atom. The van der Waals surface area contributed by atoms with Gasteiger partial charge in [0.1, 0.15) is 0 Å². The van der Waals surface area contributed by atoms with Gasteiger partial charge in [-0.25, -0.2) is 0 Å². The normalized spacial score (nSPS) is 15.5. The van der Waals surface area contributed by atoms with Crippen molar-refractivity contribution in [2.24, 2.45) is 5.92 Å². The van der Waals surface area contributed by atoms with Crippen molar-refractivity contribution in [2.45, 2.75) is 26.2 Å². The summed E-state index contributed by atoms with van der Waals surface area (Å²) in [5.41, 5.74) is 1.39. The Bertz CT molecular complexity index is 264. The van der Waals surface area contributed by atoms with E-state index in [4.69, 9.17) is 0 Å². The van der Waals surface area contributed by atoms with Crippen LogP contribution in [0.2, 0.25) is 0 Å². The Morgan fingerprint density at radius 2 is 1.93 bits per heavy atom. The second-order valence-electron chi connectivity index (χ2n) is 4.22. The molecule has 1 heteroatoms. The summed E-state index contributed by atoms with van der Waals surface area (Å²) in [6.45, 7) is 4.71. The molecule has 1 aliphatic carbocycles. The van der Waals surface area contributed by atoms with Crippen LogP contribution in [0.4, 0.5) is 5.69 Å². The van der Waals surface area contributed by atoms with Gasteiger partial charge >= 0.3 is 0 Å². The third-order valence-corrected chi connectivity index (χ3v) is 2.79. The van der Waals surface area contributed by atoms with Crippen molar-refractivity contribution in [3.05, 3.63) is 30.3 Å². The van der Waals surface area contributed by atoms with Crippen molar-refractivity contribution >= 4 is 5.69 Å². The van der Waals surface area contributed by atoms with Gasteiger partial charge in [0.2, 0.25) is 0 Å². The molecule has 1 aromatic rings. The van der Waals surface area contributed by atoms with Gasteiger partial charge in [0.05, 0.1) is 0 Å². The van der Waals surface area contributed by atoms with Crippen LogP contribution >= 0.6 is 0 Å². The highest BCUT2D eigenvalue weighted by Gasteiger charge is 2.23. The van der Waals surface area contributed by atoms with E-state index in [1.165, 1.54) is 38.0 Å². The molecule has 1 aliphatic rings. The molecule has 0 atom stereocenters. The summed E-state index contributed by atoms with van der Waals surface area (Å²) < 4.78 is 0. The maximum atomic E-state index is 2.53. The Balaban J connectivity index is 2.01. The summed E-state index contributed by atoms with van der Waals surface area (Å²) in [6.07, 6.45) is 4.11. The molecular weight excluding hydrogens is 170 g/mol. The minimum Gasteiger partial charge on any atom is -0.371 e. The summed E-state index contributed by atoms with van der Waals surface area (Å²) in [7, 11) is 0. The number of rotatable bonds is 5. The zero-order valence-electron chi connectivity index (χ0n) is 8.95. The number of hydrogen-bond acceptors (Lipinski definition) is 1. The third-order valence-electron chi connectivity index (χ3n) is 2.79. The van der Waals surface area contributed by atoms with Crippen molar-refractivity contribution in [2.75, 3.05) is 18.0 Å². The van der Waals surface area contributed by atoms with Crippen LogP contribution in [0.1, 0.15) is 26.2 Å². The Kier molecular flexibility index (Phi) is 3.07. The molecule has 1 nitrogen and oxygen atoms in total. The number of hydrogen-bond donors (Lipinski definition) is 0. The highest BCUT2D eigenvalue weighted by atomic mass is 15.1. The fourth-order valence-corrected chi connectivity index (χ4v) is 1.85. The molecule has 0 saturated heterocycles. The van der Waals surface area contributed by atoms with Crippen LogP contribution in [0.3, 0.4) is 0 Å². The maximum Gasteiger partial charge on any atom is 0.0366 e. The summed E-state index contributed by atoms with van der Waals surface area (Å²) in [5, 5.41) is 0. The highest BCUT2D eigenvalue weighted by Crippen LogP contribution is 2.31. The van der Waals surface area contributed by atoms with E-state index in [0.717, 1.165) is 5.92 Å². The molecule has 0 radical (unpaired) electrons. The van der Waals surface area contributed by atoms with Crippen LogP contribution < -0.4 is 4.90 Å². The summed E-state index contributed by atoms with van der Waals surface area (Å²) in [5.74, 6) is 0.974. The van der Waals surface area contributed by atoms with Crippen molar-refractivity contribution in [3.8, 4) is 0 Å². The van der Waals surface area contributed by atoms with Crippen LogP contribution in [0.15, 0.2) is 30.3 Å². The second-order valence-corrected chi connectivity index (χ2v) is 4.22. The topological polar surface area (TPSA) is 3.24 Å². The molecule has 0 bridgehead atoms. The second kappa shape index (κ2) is 4.50. The average molecular weight is 189 g/mol. The van der Waals surface area contributed by atoms with Gasteiger partial charge in [-0.1, -0.05) is 25.1 Å². The summed E-state index contributed by atoms with van der Waals surface area (Å²) in [6, 6.07) is 10.8. The lowest BCUT2D eigenvalue weighted by Gasteiger charge is -2.24. The van der Waals surface area contributed by atoms with Gasteiger partial charge in [-0.2, -0.15) is 0 Å². The lowest BCUT2D eigenvalue weighted by molar-refractivity contribution is 0.708. The minimum absolute atomic E-state index is 0.974. The third kappa shape index (κ3) is 2.50. The number of anilines is 1. The standard InChI is InChI=1S/C13H19N/c1-2-10-14(11-12-8-9-12)13-6-4-3-5-7-13/h3-7,12H,2,8-11H2,1H3. The molecule has 0 aliphatic heterocycles. The molecule has 0 heterocycles. The van der Waals surface area contributed by atoms with Crippen LogP contribution in [-0.2, 0) is 0 Å². The first-order valence-corrected chi connectivity index (χ1v) is 5.70. The molecular formula is C13H19N. The first-order chi connectivity index (χ1) is 6.90. The largest absolute Gasteiger partial charge is 0.371 e. The molecule has 14 heavy (non-hydrogen) atoms. The Labute approximate surface area is 86.7 Å². The Hall–Kier alpha value is -0.980. The van der Waals surface area contributed by atoms with Crippen LogP contribution in [0.25, 0.3) is 0 Å². The molecule has 0 spiro atoms. The van der Waals surface area contributed by atoms with Gasteiger partial charge in [-0.15, -0.1) is 0 Å². The smallest absolute Gasteiger partial charge is 0.0366 e. The van der Waals surface area contributed by atoms with Gasteiger partial charge in [0.15, 0.2) is 0 Å². The van der Waals surface area contributed by atoms with Crippen LogP contribution in [0.5, 0.6) is 0 Å². The summed E-state index contributed by atoms with van der Waals surface area (Å²) >= 11 is 0. The van der Waals surface area contributed by atoms with Crippen molar-refractivity contribution < 1.29 is 0 Å². The molecule has 76 valence electrons. The highest BCUT2D eigenvalue weighted by molar-refractivity contribution is 5.46. The van der Waals surface area contributed by atoms with E-state index in [2.05, 4.69) is 42.2 Å².